The second-order valence-electron chi connectivity index (χ2n) is 7.77. The summed E-state index contributed by atoms with van der Waals surface area (Å²) in [5.74, 6) is -2.90. The Bertz CT molecular complexity index is 1400. The van der Waals surface area contributed by atoms with E-state index < -0.39 is 29.3 Å². The monoisotopic (exact) mass is 491 g/mol. The lowest BCUT2D eigenvalue weighted by Gasteiger charge is -2.14. The van der Waals surface area contributed by atoms with E-state index in [0.29, 0.717) is 22.4 Å². The van der Waals surface area contributed by atoms with Gasteiger partial charge in [-0.05, 0) is 77.4 Å². The molecule has 5 nitrogen and oxygen atoms in total. The molecule has 0 saturated carbocycles. The molecule has 0 bridgehead atoms. The fraction of sp³-hybridized carbons (Fsp3) is 0.0714. The van der Waals surface area contributed by atoms with E-state index in [2.05, 4.69) is 10.1 Å². The third-order valence-corrected chi connectivity index (χ3v) is 5.35. The van der Waals surface area contributed by atoms with Gasteiger partial charge in [0.2, 0.25) is 0 Å². The van der Waals surface area contributed by atoms with Gasteiger partial charge in [0, 0.05) is 6.54 Å². The van der Waals surface area contributed by atoms with Crippen LogP contribution in [-0.4, -0.2) is 19.0 Å². The van der Waals surface area contributed by atoms with Gasteiger partial charge in [0.1, 0.15) is 17.3 Å². The largest absolute Gasteiger partial charge is 0.465 e. The summed E-state index contributed by atoms with van der Waals surface area (Å²) < 4.78 is 51.0. The fourth-order valence-electron chi connectivity index (χ4n) is 3.44. The maximum absolute atomic E-state index is 13.8. The normalized spacial score (nSPS) is 10.6. The van der Waals surface area contributed by atoms with E-state index in [1.165, 1.54) is 49.6 Å². The third-order valence-electron chi connectivity index (χ3n) is 5.35. The summed E-state index contributed by atoms with van der Waals surface area (Å²) in [7, 11) is 1.29. The molecule has 0 atom stereocenters. The van der Waals surface area contributed by atoms with E-state index in [4.69, 9.17) is 4.74 Å². The highest BCUT2D eigenvalue weighted by Gasteiger charge is 2.16. The van der Waals surface area contributed by atoms with Crippen molar-refractivity contribution in [2.45, 2.75) is 6.54 Å². The first-order valence-electron chi connectivity index (χ1n) is 10.8. The lowest BCUT2D eigenvalue weighted by atomic mass is 10.0. The molecular formula is C28H20F3NO4. The van der Waals surface area contributed by atoms with Crippen molar-refractivity contribution in [1.82, 2.24) is 5.32 Å². The van der Waals surface area contributed by atoms with Gasteiger partial charge in [-0.3, -0.25) is 4.79 Å². The summed E-state index contributed by atoms with van der Waals surface area (Å²) in [5, 5.41) is 2.78. The summed E-state index contributed by atoms with van der Waals surface area (Å²) >= 11 is 0. The quantitative estimate of drug-likeness (QED) is 0.309. The zero-order valence-corrected chi connectivity index (χ0v) is 19.1. The van der Waals surface area contributed by atoms with Crippen LogP contribution in [0.15, 0.2) is 84.9 Å². The van der Waals surface area contributed by atoms with Gasteiger partial charge in [0.25, 0.3) is 5.91 Å². The molecule has 1 amide bonds. The van der Waals surface area contributed by atoms with Gasteiger partial charge in [0.15, 0.2) is 11.6 Å². The smallest absolute Gasteiger partial charge is 0.337 e. The number of ether oxygens (including phenoxy) is 2. The molecule has 0 heterocycles. The van der Waals surface area contributed by atoms with E-state index in [-0.39, 0.29) is 17.9 Å². The first kappa shape index (κ1) is 24.5. The Hall–Kier alpha value is -4.59. The van der Waals surface area contributed by atoms with Crippen LogP contribution in [0.3, 0.4) is 0 Å². The molecule has 0 fully saturated rings. The molecule has 0 aliphatic heterocycles. The number of benzene rings is 4. The Morgan fingerprint density at radius 3 is 2.11 bits per heavy atom. The van der Waals surface area contributed by atoms with Crippen molar-refractivity contribution in [3.63, 3.8) is 0 Å². The molecule has 0 aromatic heterocycles. The van der Waals surface area contributed by atoms with Gasteiger partial charge in [-0.15, -0.1) is 0 Å². The number of carbonyl (C=O) groups excluding carboxylic acids is 2. The molecule has 0 aliphatic rings. The van der Waals surface area contributed by atoms with Crippen molar-refractivity contribution in [1.29, 1.82) is 0 Å². The summed E-state index contributed by atoms with van der Waals surface area (Å²) in [5.41, 5.74) is 2.07. The highest BCUT2D eigenvalue weighted by Crippen LogP contribution is 2.31. The standard InChI is InChI=1S/C28H20F3NO4/c1-35-28(34)18-4-2-17(3-5-18)16-32-27(33)23-14-19(20-6-12-24(30)25(31)15-20)7-13-26(23)36-22-10-8-21(29)9-11-22/h2-15H,16H2,1H3,(H,32,33). The van der Waals surface area contributed by atoms with Gasteiger partial charge >= 0.3 is 5.97 Å². The van der Waals surface area contributed by atoms with Crippen LogP contribution in [0.1, 0.15) is 26.3 Å². The van der Waals surface area contributed by atoms with Gasteiger partial charge in [-0.2, -0.15) is 0 Å². The minimum atomic E-state index is -1.01. The molecule has 8 heteroatoms. The zero-order valence-electron chi connectivity index (χ0n) is 19.1. The van der Waals surface area contributed by atoms with Gasteiger partial charge in [0.05, 0.1) is 18.2 Å². The van der Waals surface area contributed by atoms with Crippen LogP contribution in [-0.2, 0) is 11.3 Å². The third kappa shape index (κ3) is 5.72. The molecule has 0 radical (unpaired) electrons. The van der Waals surface area contributed by atoms with E-state index in [9.17, 15) is 22.8 Å². The number of rotatable bonds is 7. The minimum absolute atomic E-state index is 0.132. The number of nitrogens with one attached hydrogen (secondary N) is 1. The number of esters is 1. The van der Waals surface area contributed by atoms with Gasteiger partial charge < -0.3 is 14.8 Å². The Balaban J connectivity index is 1.61. The number of methoxy groups -OCH3 is 1. The van der Waals surface area contributed by atoms with Crippen molar-refractivity contribution in [3.05, 3.63) is 119 Å². The van der Waals surface area contributed by atoms with Crippen LogP contribution < -0.4 is 10.1 Å². The zero-order chi connectivity index (χ0) is 25.7. The molecule has 0 spiro atoms. The molecule has 4 aromatic carbocycles. The molecule has 4 aromatic rings. The van der Waals surface area contributed by atoms with E-state index >= 15 is 0 Å². The van der Waals surface area contributed by atoms with Crippen molar-refractivity contribution >= 4 is 11.9 Å². The maximum atomic E-state index is 13.8. The number of amides is 1. The first-order chi connectivity index (χ1) is 17.3. The summed E-state index contributed by atoms with van der Waals surface area (Å²) in [4.78, 5) is 24.7. The van der Waals surface area contributed by atoms with Crippen molar-refractivity contribution in [2.24, 2.45) is 0 Å². The molecule has 1 N–H and O–H groups in total. The Labute approximate surface area is 205 Å². The maximum Gasteiger partial charge on any atom is 0.337 e. The highest BCUT2D eigenvalue weighted by atomic mass is 19.2. The molecule has 182 valence electrons. The van der Waals surface area contributed by atoms with Crippen LogP contribution in [0.5, 0.6) is 11.5 Å². The van der Waals surface area contributed by atoms with Crippen molar-refractivity contribution in [3.8, 4) is 22.6 Å². The second kappa shape index (κ2) is 10.8. The fourth-order valence-corrected chi connectivity index (χ4v) is 3.44. The second-order valence-corrected chi connectivity index (χ2v) is 7.77. The van der Waals surface area contributed by atoms with Gasteiger partial charge in [-0.25, -0.2) is 18.0 Å². The lowest BCUT2D eigenvalue weighted by Crippen LogP contribution is -2.23. The molecule has 4 rings (SSSR count). The van der Waals surface area contributed by atoms with Crippen molar-refractivity contribution < 1.29 is 32.2 Å². The summed E-state index contributed by atoms with van der Waals surface area (Å²) in [6, 6.07) is 19.9. The number of hydrogen-bond acceptors (Lipinski definition) is 4. The van der Waals surface area contributed by atoms with E-state index in [0.717, 1.165) is 17.7 Å². The lowest BCUT2D eigenvalue weighted by molar-refractivity contribution is 0.0600. The van der Waals surface area contributed by atoms with Gasteiger partial charge in [-0.1, -0.05) is 24.3 Å². The van der Waals surface area contributed by atoms with Crippen LogP contribution in [0.25, 0.3) is 11.1 Å². The summed E-state index contributed by atoms with van der Waals surface area (Å²) in [6.45, 7) is 0.145. The average molecular weight is 491 g/mol. The molecule has 0 unspecified atom stereocenters. The van der Waals surface area contributed by atoms with Crippen molar-refractivity contribution in [2.75, 3.05) is 7.11 Å². The number of carbonyl (C=O) groups is 2. The van der Waals surface area contributed by atoms with Crippen LogP contribution in [0, 0.1) is 17.5 Å². The SMILES string of the molecule is COC(=O)c1ccc(CNC(=O)c2cc(-c3ccc(F)c(F)c3)ccc2Oc2ccc(F)cc2)cc1. The first-order valence-corrected chi connectivity index (χ1v) is 10.8. The molecule has 36 heavy (non-hydrogen) atoms. The number of hydrogen-bond donors (Lipinski definition) is 1. The van der Waals surface area contributed by atoms with Crippen LogP contribution in [0.2, 0.25) is 0 Å². The highest BCUT2D eigenvalue weighted by molar-refractivity contribution is 5.98. The van der Waals surface area contributed by atoms with Crippen LogP contribution >= 0.6 is 0 Å². The van der Waals surface area contributed by atoms with E-state index in [1.807, 2.05) is 0 Å². The topological polar surface area (TPSA) is 64.6 Å². The molecule has 0 aliphatic carbocycles. The minimum Gasteiger partial charge on any atom is -0.465 e. The average Bonchev–Trinajstić information content (AvgIpc) is 2.90. The Kier molecular flexibility index (Phi) is 7.34. The predicted octanol–water partition coefficient (Wildman–Crippen LogP) is 6.28. The Morgan fingerprint density at radius 1 is 0.778 bits per heavy atom. The van der Waals surface area contributed by atoms with Crippen LogP contribution in [0.4, 0.5) is 13.2 Å². The molecule has 0 saturated heterocycles. The Morgan fingerprint density at radius 2 is 1.44 bits per heavy atom. The summed E-state index contributed by atoms with van der Waals surface area (Å²) in [6.07, 6.45) is 0. The van der Waals surface area contributed by atoms with E-state index in [1.54, 1.807) is 30.3 Å². The predicted molar refractivity (Wildman–Crippen MR) is 127 cm³/mol. The number of halogens is 3. The molecular weight excluding hydrogens is 471 g/mol.